The van der Waals surface area contributed by atoms with E-state index in [1.54, 1.807) is 59.3 Å². The highest BCUT2D eigenvalue weighted by Gasteiger charge is 2.64. The molecule has 0 spiro atoms. The first-order valence-electron chi connectivity index (χ1n) is 10.6. The fraction of sp³-hybridized carbons (Fsp3) is 0.154. The Morgan fingerprint density at radius 3 is 2.15 bits per heavy atom. The van der Waals surface area contributed by atoms with Gasteiger partial charge in [-0.25, -0.2) is 4.99 Å². The number of fused-ring (bicyclic) bond motifs is 3. The van der Waals surface area contributed by atoms with E-state index in [2.05, 4.69) is 10.3 Å². The van der Waals surface area contributed by atoms with Gasteiger partial charge in [0, 0.05) is 12.7 Å². The van der Waals surface area contributed by atoms with Gasteiger partial charge in [-0.3, -0.25) is 4.90 Å². The highest BCUT2D eigenvalue weighted by Crippen LogP contribution is 2.54. The molecule has 0 fully saturated rings. The number of aryl methyl sites for hydroxylation is 1. The third-order valence-corrected chi connectivity index (χ3v) is 6.11. The van der Waals surface area contributed by atoms with E-state index < -0.39 is 17.3 Å². The second-order valence-electron chi connectivity index (χ2n) is 8.19. The van der Waals surface area contributed by atoms with Crippen LogP contribution in [0.15, 0.2) is 95.2 Å². The minimum Gasteiger partial charge on any atom is -0.328 e. The lowest BCUT2D eigenvalue weighted by Gasteiger charge is -2.40. The molecule has 5 rings (SSSR count). The highest BCUT2D eigenvalue weighted by atomic mass is 19.4. The van der Waals surface area contributed by atoms with Crippen LogP contribution in [-0.2, 0) is 5.54 Å². The van der Waals surface area contributed by atoms with E-state index in [-0.39, 0.29) is 17.3 Å². The van der Waals surface area contributed by atoms with Crippen LogP contribution in [0.4, 0.5) is 30.2 Å². The number of nitrogens with zero attached hydrogens (tertiary/aromatic N) is 4. The van der Waals surface area contributed by atoms with Crippen LogP contribution < -0.4 is 15.1 Å². The average Bonchev–Trinajstić information content (AvgIpc) is 3.13. The molecule has 5 nitrogen and oxygen atoms in total. The summed E-state index contributed by atoms with van der Waals surface area (Å²) < 4.78 is 45.1. The number of hydrogen-bond donors (Lipinski definition) is 1. The van der Waals surface area contributed by atoms with Crippen molar-refractivity contribution in [3.8, 4) is 6.07 Å². The number of nitrogens with one attached hydrogen (secondary N) is 1. The smallest absolute Gasteiger partial charge is 0.328 e. The van der Waals surface area contributed by atoms with Crippen LogP contribution in [0.25, 0.3) is 0 Å². The van der Waals surface area contributed by atoms with Crippen LogP contribution >= 0.6 is 0 Å². The van der Waals surface area contributed by atoms with Gasteiger partial charge < -0.3 is 10.2 Å². The van der Waals surface area contributed by atoms with E-state index in [1.165, 1.54) is 24.3 Å². The molecule has 0 bridgehead atoms. The third kappa shape index (κ3) is 3.05. The molecule has 3 aromatic carbocycles. The van der Waals surface area contributed by atoms with Crippen LogP contribution in [0.2, 0.25) is 0 Å². The SMILES string of the molecule is Cc1ccc(NC2=N[C@](c3ccccc3)(C(F)(F)F)C(C#N)=C3N(C)c4ccccc4N23)cc1. The maximum Gasteiger partial charge on any atom is 0.423 e. The lowest BCUT2D eigenvalue weighted by molar-refractivity contribution is -0.176. The van der Waals surface area contributed by atoms with Gasteiger partial charge in [-0.1, -0.05) is 60.2 Å². The van der Waals surface area contributed by atoms with Gasteiger partial charge >= 0.3 is 6.18 Å². The van der Waals surface area contributed by atoms with Crippen LogP contribution in [0, 0.1) is 18.3 Å². The van der Waals surface area contributed by atoms with Crippen molar-refractivity contribution < 1.29 is 13.2 Å². The van der Waals surface area contributed by atoms with Crippen molar-refractivity contribution in [2.45, 2.75) is 18.6 Å². The molecule has 0 aromatic heterocycles. The van der Waals surface area contributed by atoms with E-state index in [1.807, 2.05) is 25.1 Å². The first-order chi connectivity index (χ1) is 16.3. The molecule has 1 atom stereocenters. The summed E-state index contributed by atoms with van der Waals surface area (Å²) in [6.45, 7) is 1.93. The van der Waals surface area contributed by atoms with E-state index >= 15 is 13.2 Å². The number of hydrogen-bond acceptors (Lipinski definition) is 5. The third-order valence-electron chi connectivity index (χ3n) is 6.11. The summed E-state index contributed by atoms with van der Waals surface area (Å²) in [6.07, 6.45) is -4.88. The average molecular weight is 459 g/mol. The van der Waals surface area contributed by atoms with E-state index in [0.29, 0.717) is 17.1 Å². The molecule has 0 aliphatic carbocycles. The number of benzene rings is 3. The van der Waals surface area contributed by atoms with Gasteiger partial charge in [0.1, 0.15) is 17.5 Å². The number of guanidine groups is 1. The Bertz CT molecular complexity index is 1350. The number of anilines is 3. The number of rotatable bonds is 2. The minimum atomic E-state index is -4.88. The molecule has 2 aliphatic heterocycles. The summed E-state index contributed by atoms with van der Waals surface area (Å²) >= 11 is 0. The molecule has 0 radical (unpaired) electrons. The van der Waals surface area contributed by atoms with Crippen LogP contribution in [-0.4, -0.2) is 19.2 Å². The van der Waals surface area contributed by atoms with Crippen molar-refractivity contribution in [3.63, 3.8) is 0 Å². The van der Waals surface area contributed by atoms with E-state index in [9.17, 15) is 5.26 Å². The standard InChI is InChI=1S/C26H20F3N5/c1-17-12-14-19(15-13-17)31-24-32-25(26(27,28)29,18-8-4-3-5-9-18)20(16-30)23-33(2)21-10-6-7-11-22(21)34(23)24/h3-15H,1-2H3,(H,31,32)/t25-/m0/s1. The number of nitriles is 1. The van der Waals surface area contributed by atoms with Crippen molar-refractivity contribution in [2.75, 3.05) is 22.2 Å². The summed E-state index contributed by atoms with van der Waals surface area (Å²) in [5.74, 6) is 0.102. The zero-order valence-corrected chi connectivity index (χ0v) is 18.4. The van der Waals surface area contributed by atoms with Crippen LogP contribution in [0.3, 0.4) is 0 Å². The zero-order valence-electron chi connectivity index (χ0n) is 18.4. The normalized spacial score (nSPS) is 19.4. The maximum absolute atomic E-state index is 15.0. The number of alkyl halides is 3. The van der Waals surface area contributed by atoms with Gasteiger partial charge in [-0.2, -0.15) is 18.4 Å². The summed E-state index contributed by atoms with van der Waals surface area (Å²) in [5, 5.41) is 13.2. The molecule has 2 aliphatic rings. The zero-order chi connectivity index (χ0) is 24.1. The van der Waals surface area contributed by atoms with Gasteiger partial charge in [-0.15, -0.1) is 0 Å². The van der Waals surface area contributed by atoms with Gasteiger partial charge in [0.25, 0.3) is 0 Å². The Kier molecular flexibility index (Phi) is 4.87. The second kappa shape index (κ2) is 7.66. The molecule has 0 saturated heterocycles. The van der Waals surface area contributed by atoms with Crippen molar-refractivity contribution >= 4 is 23.0 Å². The van der Waals surface area contributed by atoms with Crippen molar-refractivity contribution in [1.82, 2.24) is 0 Å². The van der Waals surface area contributed by atoms with Crippen LogP contribution in [0.5, 0.6) is 0 Å². The lowest BCUT2D eigenvalue weighted by Crippen LogP contribution is -2.52. The molecular formula is C26H20F3N5. The molecule has 0 saturated carbocycles. The predicted octanol–water partition coefficient (Wildman–Crippen LogP) is 5.93. The molecule has 0 unspecified atom stereocenters. The van der Waals surface area contributed by atoms with Gasteiger partial charge in [0.2, 0.25) is 11.5 Å². The quantitative estimate of drug-likeness (QED) is 0.517. The van der Waals surface area contributed by atoms with Crippen molar-refractivity contribution in [1.29, 1.82) is 5.26 Å². The summed E-state index contributed by atoms with van der Waals surface area (Å²) in [7, 11) is 1.66. The Morgan fingerprint density at radius 1 is 0.912 bits per heavy atom. The van der Waals surface area contributed by atoms with E-state index in [0.717, 1.165) is 5.56 Å². The summed E-state index contributed by atoms with van der Waals surface area (Å²) in [6, 6.07) is 23.7. The van der Waals surface area contributed by atoms with Gasteiger partial charge in [0.15, 0.2) is 0 Å². The Morgan fingerprint density at radius 2 is 1.53 bits per heavy atom. The molecule has 2 heterocycles. The topological polar surface area (TPSA) is 54.7 Å². The summed E-state index contributed by atoms with van der Waals surface area (Å²) in [4.78, 5) is 7.50. The fourth-order valence-electron chi connectivity index (χ4n) is 4.47. The van der Waals surface area contributed by atoms with Crippen LogP contribution in [0.1, 0.15) is 11.1 Å². The first-order valence-corrected chi connectivity index (χ1v) is 10.6. The van der Waals surface area contributed by atoms with Crippen molar-refractivity contribution in [3.05, 3.63) is 101 Å². The monoisotopic (exact) mass is 459 g/mol. The second-order valence-corrected chi connectivity index (χ2v) is 8.19. The first kappa shape index (κ1) is 21.6. The predicted molar refractivity (Wildman–Crippen MR) is 126 cm³/mol. The van der Waals surface area contributed by atoms with Gasteiger partial charge in [0.05, 0.1) is 11.4 Å². The molecule has 170 valence electrons. The number of halogens is 3. The Balaban J connectivity index is 1.83. The number of para-hydroxylation sites is 2. The lowest BCUT2D eigenvalue weighted by atomic mass is 9.81. The molecule has 1 N–H and O–H groups in total. The fourth-order valence-corrected chi connectivity index (χ4v) is 4.47. The molecular weight excluding hydrogens is 439 g/mol. The maximum atomic E-state index is 15.0. The minimum absolute atomic E-state index is 0.0177. The Hall–Kier alpha value is -4.25. The van der Waals surface area contributed by atoms with Gasteiger partial charge in [-0.05, 0) is 36.8 Å². The molecule has 3 aromatic rings. The van der Waals surface area contributed by atoms with Crippen molar-refractivity contribution in [2.24, 2.45) is 4.99 Å². The van der Waals surface area contributed by atoms with E-state index in [4.69, 9.17) is 0 Å². The largest absolute Gasteiger partial charge is 0.423 e. The molecule has 8 heteroatoms. The number of aliphatic imine (C=N–C) groups is 1. The molecule has 0 amide bonds. The Labute approximate surface area is 195 Å². The highest BCUT2D eigenvalue weighted by molar-refractivity contribution is 6.13. The molecule has 34 heavy (non-hydrogen) atoms. The summed E-state index contributed by atoms with van der Waals surface area (Å²) in [5.41, 5.74) is -0.579.